The summed E-state index contributed by atoms with van der Waals surface area (Å²) in [7, 11) is 0. The molecule has 0 aromatic carbocycles. The normalized spacial score (nSPS) is 46.1. The first-order valence-electron chi connectivity index (χ1n) is 13.3. The van der Waals surface area contributed by atoms with Crippen LogP contribution in [0.15, 0.2) is 11.6 Å². The van der Waals surface area contributed by atoms with Crippen molar-refractivity contribution in [3.8, 4) is 0 Å². The van der Waals surface area contributed by atoms with E-state index in [1.807, 2.05) is 6.92 Å². The lowest BCUT2D eigenvalue weighted by molar-refractivity contribution is -0.258. The Kier molecular flexibility index (Phi) is 6.83. The topological polar surface area (TPSA) is 138 Å². The molecule has 6 N–H and O–H groups in total. The molecule has 0 heterocycles. The van der Waals surface area contributed by atoms with Crippen LogP contribution in [0, 0.1) is 28.6 Å². The largest absolute Gasteiger partial charge is 0.416 e. The molecule has 4 aliphatic rings. The number of aliphatic hydroxyl groups is 6. The fraction of sp³-hybridized carbons (Fsp3) is 0.889. The van der Waals surface area contributed by atoms with Gasteiger partial charge in [-0.1, -0.05) is 13.8 Å². The highest BCUT2D eigenvalue weighted by Gasteiger charge is 2.69. The van der Waals surface area contributed by atoms with Crippen LogP contribution in [0.4, 0.5) is 13.2 Å². The lowest BCUT2D eigenvalue weighted by Gasteiger charge is -2.60. The summed E-state index contributed by atoms with van der Waals surface area (Å²) < 4.78 is 39.3. The predicted octanol–water partition coefficient (Wildman–Crippen LogP) is 2.40. The summed E-state index contributed by atoms with van der Waals surface area (Å²) in [4.78, 5) is 13.2. The summed E-state index contributed by atoms with van der Waals surface area (Å²) in [6.07, 6.45) is -6.38. The number of hydrogen-bond donors (Lipinski definition) is 6. The number of halogens is 3. The molecule has 0 aliphatic heterocycles. The smallest absolute Gasteiger partial charge is 0.390 e. The van der Waals surface area contributed by atoms with Gasteiger partial charge in [-0.3, -0.25) is 4.79 Å². The van der Waals surface area contributed by atoms with Crippen molar-refractivity contribution >= 4 is 5.78 Å². The Morgan fingerprint density at radius 3 is 2.27 bits per heavy atom. The number of alkyl halides is 3. The molecule has 0 bridgehead atoms. The van der Waals surface area contributed by atoms with E-state index in [9.17, 15) is 48.6 Å². The summed E-state index contributed by atoms with van der Waals surface area (Å²) in [5, 5.41) is 64.9. The Labute approximate surface area is 215 Å². The van der Waals surface area contributed by atoms with Gasteiger partial charge < -0.3 is 30.6 Å². The van der Waals surface area contributed by atoms with E-state index in [0.29, 0.717) is 25.3 Å². The lowest BCUT2D eigenvalue weighted by Crippen LogP contribution is -2.63. The predicted molar refractivity (Wildman–Crippen MR) is 127 cm³/mol. The molecule has 0 saturated heterocycles. The molecular formula is C27H41F3O7. The molecule has 0 aromatic heterocycles. The van der Waals surface area contributed by atoms with Gasteiger partial charge in [0, 0.05) is 11.3 Å². The van der Waals surface area contributed by atoms with E-state index >= 15 is 0 Å². The monoisotopic (exact) mass is 534 g/mol. The first-order chi connectivity index (χ1) is 16.7. The third-order valence-corrected chi connectivity index (χ3v) is 11.0. The zero-order chi connectivity index (χ0) is 28.0. The molecule has 3 fully saturated rings. The molecular weight excluding hydrogens is 493 g/mol. The van der Waals surface area contributed by atoms with Crippen LogP contribution >= 0.6 is 0 Å². The summed E-state index contributed by atoms with van der Waals surface area (Å²) in [5.74, 6) is -1.58. The maximum Gasteiger partial charge on any atom is 0.416 e. The number of carbonyl (C=O) groups is 1. The molecule has 37 heavy (non-hydrogen) atoms. The van der Waals surface area contributed by atoms with Crippen LogP contribution in [0.2, 0.25) is 0 Å². The van der Waals surface area contributed by atoms with Crippen molar-refractivity contribution in [2.75, 3.05) is 0 Å². The highest BCUT2D eigenvalue weighted by Crippen LogP contribution is 2.68. The molecule has 212 valence electrons. The van der Waals surface area contributed by atoms with Crippen molar-refractivity contribution in [1.82, 2.24) is 0 Å². The number of ketones is 1. The van der Waals surface area contributed by atoms with Crippen molar-refractivity contribution in [3.63, 3.8) is 0 Å². The molecule has 11 atom stereocenters. The van der Waals surface area contributed by atoms with Crippen LogP contribution in [0.25, 0.3) is 0 Å². The number of carbonyl (C=O) groups excluding carboxylic acids is 1. The van der Waals surface area contributed by atoms with Crippen LogP contribution < -0.4 is 0 Å². The van der Waals surface area contributed by atoms with Crippen LogP contribution in [-0.4, -0.2) is 77.7 Å². The molecule has 0 amide bonds. The fourth-order valence-electron chi connectivity index (χ4n) is 8.39. The summed E-state index contributed by atoms with van der Waals surface area (Å²) >= 11 is 0. The van der Waals surface area contributed by atoms with Crippen LogP contribution in [-0.2, 0) is 4.79 Å². The second-order valence-corrected chi connectivity index (χ2v) is 13.1. The van der Waals surface area contributed by atoms with Crippen molar-refractivity contribution in [1.29, 1.82) is 0 Å². The van der Waals surface area contributed by atoms with Crippen molar-refractivity contribution in [2.24, 2.45) is 28.6 Å². The van der Waals surface area contributed by atoms with Gasteiger partial charge in [-0.25, -0.2) is 0 Å². The third-order valence-electron chi connectivity index (χ3n) is 11.0. The van der Waals surface area contributed by atoms with Gasteiger partial charge in [-0.2, -0.15) is 13.2 Å². The van der Waals surface area contributed by atoms with E-state index in [-0.39, 0.29) is 37.4 Å². The van der Waals surface area contributed by atoms with Crippen LogP contribution in [0.3, 0.4) is 0 Å². The van der Waals surface area contributed by atoms with Crippen molar-refractivity contribution < 1.29 is 48.6 Å². The average Bonchev–Trinajstić information content (AvgIpc) is 3.05. The number of hydrogen-bond acceptors (Lipinski definition) is 7. The summed E-state index contributed by atoms with van der Waals surface area (Å²) in [5.41, 5.74) is -7.42. The minimum Gasteiger partial charge on any atom is -0.390 e. The fourth-order valence-corrected chi connectivity index (χ4v) is 8.39. The summed E-state index contributed by atoms with van der Waals surface area (Å²) in [6.45, 7) is 5.72. The van der Waals surface area contributed by atoms with Crippen LogP contribution in [0.5, 0.6) is 0 Å². The van der Waals surface area contributed by atoms with Gasteiger partial charge in [-0.15, -0.1) is 0 Å². The summed E-state index contributed by atoms with van der Waals surface area (Å²) in [6, 6.07) is 0. The second-order valence-electron chi connectivity index (χ2n) is 13.1. The van der Waals surface area contributed by atoms with Crippen molar-refractivity contribution in [2.45, 2.75) is 120 Å². The van der Waals surface area contributed by atoms with E-state index in [1.165, 1.54) is 13.0 Å². The van der Waals surface area contributed by atoms with E-state index in [2.05, 4.69) is 0 Å². The Morgan fingerprint density at radius 1 is 1.05 bits per heavy atom. The average molecular weight is 535 g/mol. The van der Waals surface area contributed by atoms with Gasteiger partial charge in [0.2, 0.25) is 0 Å². The molecule has 4 rings (SSSR count). The van der Waals surface area contributed by atoms with E-state index < -0.39 is 76.8 Å². The van der Waals surface area contributed by atoms with E-state index in [1.54, 1.807) is 6.92 Å². The van der Waals surface area contributed by atoms with E-state index in [0.717, 1.165) is 0 Å². The minimum absolute atomic E-state index is 0.151. The van der Waals surface area contributed by atoms with Crippen molar-refractivity contribution in [3.05, 3.63) is 11.6 Å². The van der Waals surface area contributed by atoms with Gasteiger partial charge in [0.1, 0.15) is 0 Å². The molecule has 7 nitrogen and oxygen atoms in total. The highest BCUT2D eigenvalue weighted by atomic mass is 19.4. The lowest BCUT2D eigenvalue weighted by atomic mass is 9.45. The quantitative estimate of drug-likeness (QED) is 0.319. The van der Waals surface area contributed by atoms with Crippen LogP contribution in [0.1, 0.15) is 79.1 Å². The Balaban J connectivity index is 1.62. The molecule has 3 saturated carbocycles. The molecule has 3 unspecified atom stereocenters. The van der Waals surface area contributed by atoms with Gasteiger partial charge in [-0.05, 0) is 94.1 Å². The highest BCUT2D eigenvalue weighted by molar-refractivity contribution is 5.95. The molecule has 0 radical (unpaired) electrons. The molecule has 10 heteroatoms. The zero-order valence-electron chi connectivity index (χ0n) is 21.9. The molecule has 0 spiro atoms. The Bertz CT molecular complexity index is 962. The second kappa shape index (κ2) is 8.73. The number of rotatable bonds is 5. The number of allylic oxidation sites excluding steroid dienone is 1. The number of aliphatic hydroxyl groups excluding tert-OH is 3. The molecule has 0 aromatic rings. The zero-order valence-corrected chi connectivity index (χ0v) is 21.9. The van der Waals surface area contributed by atoms with Gasteiger partial charge in [0.15, 0.2) is 11.4 Å². The maximum atomic E-state index is 13.2. The maximum absolute atomic E-state index is 13.2. The third kappa shape index (κ3) is 4.12. The molecule has 4 aliphatic carbocycles. The van der Waals surface area contributed by atoms with E-state index in [4.69, 9.17) is 0 Å². The minimum atomic E-state index is -4.88. The SMILES string of the molecule is CC(O)([C@H](O)CCC(C)(O)C(F)(F)F)[C@@H]1CC[C@@]2(O)C3=CC(=O)[C@@H]4C[C@@H](O)[C@@H](O)C[C@]4(C)C3CC[C@]12C. The van der Waals surface area contributed by atoms with Gasteiger partial charge in [0.05, 0.1) is 29.5 Å². The Hall–Kier alpha value is -1.04. The first-order valence-corrected chi connectivity index (χ1v) is 13.3. The van der Waals surface area contributed by atoms with Gasteiger partial charge >= 0.3 is 6.18 Å². The number of fused-ring (bicyclic) bond motifs is 5. The standard InChI is InChI=1S/C27H41F3O7/c1-22-13-19(33)18(32)12-16(22)17(31)11-15-14(22)5-8-23(2)20(6-10-26(15,23)37)25(4,36)21(34)7-9-24(3,35)27(28,29)30/h11,14,16,18-21,32-37H,5-10,12-13H2,1-4H3/t14?,16-,18+,19-,20+,21+,22+,23+,24?,25?,26+/m0/s1. The Morgan fingerprint density at radius 2 is 1.68 bits per heavy atom. The van der Waals surface area contributed by atoms with Gasteiger partial charge in [0.25, 0.3) is 0 Å². The first kappa shape index (κ1) is 29.0.